The second kappa shape index (κ2) is 6.58. The van der Waals surface area contributed by atoms with Crippen molar-refractivity contribution in [2.75, 3.05) is 7.11 Å². The van der Waals surface area contributed by atoms with Crippen molar-refractivity contribution in [1.29, 1.82) is 0 Å². The van der Waals surface area contributed by atoms with E-state index in [2.05, 4.69) is 4.74 Å². The number of aromatic hydroxyl groups is 1. The Morgan fingerprint density at radius 2 is 2.20 bits per heavy atom. The molecule has 1 aromatic rings. The molecule has 2 N–H and O–H groups in total. The Balaban J connectivity index is 1.99. The van der Waals surface area contributed by atoms with Crippen molar-refractivity contribution >= 4 is 5.97 Å². The molecule has 6 nitrogen and oxygen atoms in total. The van der Waals surface area contributed by atoms with E-state index in [0.29, 0.717) is 11.3 Å². The molecule has 1 fully saturated rings. The molecule has 0 amide bonds. The Kier molecular flexibility index (Phi) is 4.81. The van der Waals surface area contributed by atoms with Crippen LogP contribution >= 0.6 is 0 Å². The number of hydrogen-bond donors (Lipinski definition) is 2. The highest BCUT2D eigenvalue weighted by Crippen LogP contribution is 2.26. The summed E-state index contributed by atoms with van der Waals surface area (Å²) in [6.45, 7) is -0.259. The summed E-state index contributed by atoms with van der Waals surface area (Å²) in [5, 5.41) is 18.6. The monoisotopic (exact) mass is 279 g/mol. The summed E-state index contributed by atoms with van der Waals surface area (Å²) >= 11 is 0. The summed E-state index contributed by atoms with van der Waals surface area (Å²) in [6, 6.07) is 4.50. The van der Waals surface area contributed by atoms with Crippen LogP contribution in [0.4, 0.5) is 0 Å². The van der Waals surface area contributed by atoms with Crippen molar-refractivity contribution in [2.45, 2.75) is 19.0 Å². The molecule has 3 radical (unpaired) electrons. The molecule has 1 heterocycles. The lowest BCUT2D eigenvalue weighted by Crippen LogP contribution is -2.38. The smallest absolute Gasteiger partial charge is 0.335 e. The fourth-order valence-electron chi connectivity index (χ4n) is 1.69. The maximum Gasteiger partial charge on any atom is 0.335 e. The standard InChI is InChI=1S/C14H15O6/c1-18-14(17)12-3-2-4-13(20-12)19-10-6-5-9(8-15)11(16)7-10/h2-7,12-13,15-16H,8H2,1H3/t12-,13+/m0/s1. The minimum absolute atomic E-state index is 0.0686. The van der Waals surface area contributed by atoms with Gasteiger partial charge in [0.15, 0.2) is 6.10 Å². The Labute approximate surface area is 116 Å². The van der Waals surface area contributed by atoms with Crippen LogP contribution in [0.25, 0.3) is 0 Å². The number of aliphatic hydroxyl groups excluding tert-OH is 1. The Morgan fingerprint density at radius 3 is 2.85 bits per heavy atom. The third-order valence-corrected chi connectivity index (χ3v) is 2.75. The lowest BCUT2D eigenvalue weighted by molar-refractivity contribution is -0.165. The van der Waals surface area contributed by atoms with Gasteiger partial charge in [-0.15, -0.1) is 0 Å². The Bertz CT molecular complexity index is 473. The molecule has 1 saturated heterocycles. The van der Waals surface area contributed by atoms with Gasteiger partial charge in [0.2, 0.25) is 6.29 Å². The van der Waals surface area contributed by atoms with Crippen molar-refractivity contribution in [3.63, 3.8) is 0 Å². The second-order valence-corrected chi connectivity index (χ2v) is 4.09. The Hall–Kier alpha value is -1.79. The zero-order valence-electron chi connectivity index (χ0n) is 10.9. The molecule has 0 saturated carbocycles. The molecule has 1 aliphatic heterocycles. The SMILES string of the molecule is COC(=O)[C@@H]1[CH][CH][CH][C@H](Oc2ccc(CO)c(O)c2)O1. The van der Waals surface area contributed by atoms with E-state index in [4.69, 9.17) is 14.6 Å². The molecule has 0 spiro atoms. The number of rotatable bonds is 4. The van der Waals surface area contributed by atoms with Gasteiger partial charge in [0.25, 0.3) is 0 Å². The largest absolute Gasteiger partial charge is 0.507 e. The van der Waals surface area contributed by atoms with Crippen LogP contribution in [0, 0.1) is 19.3 Å². The van der Waals surface area contributed by atoms with Gasteiger partial charge in [0.1, 0.15) is 11.5 Å². The number of ether oxygens (including phenoxy) is 3. The number of carbonyl (C=O) groups excluding carboxylic acids is 1. The normalized spacial score (nSPS) is 22.3. The lowest BCUT2D eigenvalue weighted by Gasteiger charge is -2.28. The molecular weight excluding hydrogens is 264 g/mol. The molecule has 0 unspecified atom stereocenters. The summed E-state index contributed by atoms with van der Waals surface area (Å²) in [5.41, 5.74) is 0.401. The minimum Gasteiger partial charge on any atom is -0.507 e. The maximum absolute atomic E-state index is 11.4. The first-order valence-electron chi connectivity index (χ1n) is 5.98. The topological polar surface area (TPSA) is 85.2 Å². The number of carbonyl (C=O) groups is 1. The first kappa shape index (κ1) is 14.6. The molecule has 6 heteroatoms. The van der Waals surface area contributed by atoms with Crippen molar-refractivity contribution in [3.05, 3.63) is 43.0 Å². The van der Waals surface area contributed by atoms with Crippen LogP contribution in [0.1, 0.15) is 5.56 Å². The molecule has 20 heavy (non-hydrogen) atoms. The summed E-state index contributed by atoms with van der Waals surface area (Å²) in [5.74, 6) is -0.220. The highest BCUT2D eigenvalue weighted by atomic mass is 16.7. The summed E-state index contributed by atoms with van der Waals surface area (Å²) in [7, 11) is 1.28. The highest BCUT2D eigenvalue weighted by molar-refractivity contribution is 5.76. The van der Waals surface area contributed by atoms with Crippen molar-refractivity contribution in [1.82, 2.24) is 0 Å². The third kappa shape index (κ3) is 3.40. The van der Waals surface area contributed by atoms with Crippen molar-refractivity contribution in [2.24, 2.45) is 0 Å². The fourth-order valence-corrected chi connectivity index (χ4v) is 1.69. The van der Waals surface area contributed by atoms with Crippen LogP contribution in [-0.2, 0) is 20.9 Å². The fraction of sp³-hybridized carbons (Fsp3) is 0.286. The van der Waals surface area contributed by atoms with Crippen LogP contribution in [-0.4, -0.2) is 35.7 Å². The highest BCUT2D eigenvalue weighted by Gasteiger charge is 2.30. The van der Waals surface area contributed by atoms with Gasteiger partial charge in [0.05, 0.1) is 13.7 Å². The van der Waals surface area contributed by atoms with E-state index in [1.165, 1.54) is 13.2 Å². The zero-order chi connectivity index (χ0) is 14.5. The van der Waals surface area contributed by atoms with E-state index in [1.54, 1.807) is 31.4 Å². The second-order valence-electron chi connectivity index (χ2n) is 4.09. The van der Waals surface area contributed by atoms with Gasteiger partial charge in [-0.05, 0) is 18.6 Å². The van der Waals surface area contributed by atoms with Gasteiger partial charge in [-0.2, -0.15) is 0 Å². The molecule has 107 valence electrons. The molecule has 1 aromatic carbocycles. The van der Waals surface area contributed by atoms with Gasteiger partial charge < -0.3 is 24.4 Å². The van der Waals surface area contributed by atoms with Crippen LogP contribution in [0.2, 0.25) is 0 Å². The number of phenols is 1. The predicted molar refractivity (Wildman–Crippen MR) is 68.2 cm³/mol. The summed E-state index contributed by atoms with van der Waals surface area (Å²) in [6.07, 6.45) is 3.25. The molecule has 0 aliphatic carbocycles. The molecule has 2 atom stereocenters. The summed E-state index contributed by atoms with van der Waals surface area (Å²) < 4.78 is 15.4. The van der Waals surface area contributed by atoms with E-state index in [9.17, 15) is 9.90 Å². The molecular formula is C14H15O6. The van der Waals surface area contributed by atoms with Crippen LogP contribution in [0.15, 0.2) is 18.2 Å². The molecule has 1 aliphatic rings. The van der Waals surface area contributed by atoms with Gasteiger partial charge in [0, 0.05) is 24.5 Å². The lowest BCUT2D eigenvalue weighted by atomic mass is 10.1. The zero-order valence-corrected chi connectivity index (χ0v) is 10.9. The molecule has 0 aromatic heterocycles. The first-order chi connectivity index (χ1) is 9.63. The maximum atomic E-state index is 11.4. The van der Waals surface area contributed by atoms with Crippen LogP contribution in [0.5, 0.6) is 11.5 Å². The first-order valence-corrected chi connectivity index (χ1v) is 5.98. The minimum atomic E-state index is -0.819. The van der Waals surface area contributed by atoms with E-state index in [0.717, 1.165) is 0 Å². The number of benzene rings is 1. The van der Waals surface area contributed by atoms with Crippen LogP contribution < -0.4 is 4.74 Å². The van der Waals surface area contributed by atoms with Gasteiger partial charge in [-0.3, -0.25) is 0 Å². The number of methoxy groups -OCH3 is 1. The van der Waals surface area contributed by atoms with Crippen LogP contribution in [0.3, 0.4) is 0 Å². The third-order valence-electron chi connectivity index (χ3n) is 2.75. The average Bonchev–Trinajstić information content (AvgIpc) is 2.47. The van der Waals surface area contributed by atoms with E-state index < -0.39 is 18.4 Å². The molecule has 2 rings (SSSR count). The quantitative estimate of drug-likeness (QED) is 0.792. The van der Waals surface area contributed by atoms with E-state index in [1.807, 2.05) is 0 Å². The number of aliphatic hydroxyl groups is 1. The molecule has 0 bridgehead atoms. The van der Waals surface area contributed by atoms with Crippen molar-refractivity contribution < 1.29 is 29.2 Å². The van der Waals surface area contributed by atoms with Gasteiger partial charge in [-0.25, -0.2) is 4.79 Å². The number of hydrogen-bond acceptors (Lipinski definition) is 6. The van der Waals surface area contributed by atoms with Gasteiger partial charge in [-0.1, -0.05) is 0 Å². The predicted octanol–water partition coefficient (Wildman–Crippen LogP) is 0.774. The average molecular weight is 279 g/mol. The van der Waals surface area contributed by atoms with Gasteiger partial charge >= 0.3 is 5.97 Å². The van der Waals surface area contributed by atoms with E-state index >= 15 is 0 Å². The van der Waals surface area contributed by atoms with Crippen molar-refractivity contribution in [3.8, 4) is 11.5 Å². The van der Waals surface area contributed by atoms with E-state index in [-0.39, 0.29) is 12.4 Å². The summed E-state index contributed by atoms with van der Waals surface area (Å²) in [4.78, 5) is 11.4. The Morgan fingerprint density at radius 1 is 1.40 bits per heavy atom. The number of esters is 1.